The first-order chi connectivity index (χ1) is 17.0. The number of furan rings is 1. The van der Waals surface area contributed by atoms with Crippen LogP contribution in [0, 0.1) is 6.92 Å². The van der Waals surface area contributed by atoms with Gasteiger partial charge in [0.25, 0.3) is 5.91 Å². The molecule has 0 radical (unpaired) electrons. The average molecular weight is 478 g/mol. The first-order valence-corrected chi connectivity index (χ1v) is 11.1. The number of fused-ring (bicyclic) bond motifs is 1. The summed E-state index contributed by atoms with van der Waals surface area (Å²) in [6, 6.07) is 16.7. The van der Waals surface area contributed by atoms with Gasteiger partial charge in [0.1, 0.15) is 29.3 Å². The van der Waals surface area contributed by atoms with Gasteiger partial charge < -0.3 is 19.2 Å². The molecule has 0 spiro atoms. The summed E-state index contributed by atoms with van der Waals surface area (Å²) in [6.45, 7) is 2.25. The standard InChI is InChI=1S/C25H27N5O5/c1-17-11-12-22(35-17)24(25(32)26-13-14-33-2)30(18-7-6-8-19(15-18)34-3)23(31)16-29-21-10-5-4-9-20(21)27-28-29/h4-12,15,24H,13-14,16H2,1-3H3,(H,26,32)/t24-/m0/s1. The third-order valence-corrected chi connectivity index (χ3v) is 5.45. The van der Waals surface area contributed by atoms with E-state index in [1.165, 1.54) is 16.7 Å². The summed E-state index contributed by atoms with van der Waals surface area (Å²) in [6.07, 6.45) is 0. The number of amides is 2. The topological polar surface area (TPSA) is 112 Å². The van der Waals surface area contributed by atoms with Crippen molar-refractivity contribution in [3.8, 4) is 5.75 Å². The third-order valence-electron chi connectivity index (χ3n) is 5.45. The molecule has 0 aliphatic heterocycles. The summed E-state index contributed by atoms with van der Waals surface area (Å²) in [5.41, 5.74) is 1.85. The Balaban J connectivity index is 1.77. The lowest BCUT2D eigenvalue weighted by Gasteiger charge is -2.30. The molecule has 4 aromatic rings. The van der Waals surface area contributed by atoms with E-state index in [0.717, 1.165) is 0 Å². The van der Waals surface area contributed by atoms with E-state index in [4.69, 9.17) is 13.9 Å². The zero-order valence-corrected chi connectivity index (χ0v) is 19.8. The Kier molecular flexibility index (Phi) is 7.41. The Hall–Kier alpha value is -4.18. The summed E-state index contributed by atoms with van der Waals surface area (Å²) in [7, 11) is 3.09. The normalized spacial score (nSPS) is 11.9. The molecule has 2 heterocycles. The number of aromatic nitrogens is 3. The summed E-state index contributed by atoms with van der Waals surface area (Å²) in [5.74, 6) is 0.707. The molecule has 35 heavy (non-hydrogen) atoms. The number of para-hydroxylation sites is 1. The molecule has 0 saturated heterocycles. The van der Waals surface area contributed by atoms with E-state index in [2.05, 4.69) is 15.6 Å². The van der Waals surface area contributed by atoms with Crippen LogP contribution in [-0.4, -0.2) is 54.2 Å². The van der Waals surface area contributed by atoms with Crippen molar-refractivity contribution in [2.45, 2.75) is 19.5 Å². The predicted molar refractivity (Wildman–Crippen MR) is 129 cm³/mol. The van der Waals surface area contributed by atoms with Crippen LogP contribution in [0.2, 0.25) is 0 Å². The first kappa shape index (κ1) is 24.0. The number of nitrogens with one attached hydrogen (secondary N) is 1. The number of methoxy groups -OCH3 is 2. The van der Waals surface area contributed by atoms with Crippen molar-refractivity contribution in [2.24, 2.45) is 0 Å². The van der Waals surface area contributed by atoms with Gasteiger partial charge in [-0.25, -0.2) is 4.68 Å². The first-order valence-electron chi connectivity index (χ1n) is 11.1. The van der Waals surface area contributed by atoms with Crippen molar-refractivity contribution in [3.63, 3.8) is 0 Å². The Bertz CT molecular complexity index is 1310. The fraction of sp³-hybridized carbons (Fsp3) is 0.280. The van der Waals surface area contributed by atoms with Gasteiger partial charge in [-0.15, -0.1) is 5.10 Å². The lowest BCUT2D eigenvalue weighted by atomic mass is 10.1. The van der Waals surface area contributed by atoms with E-state index in [1.807, 2.05) is 24.3 Å². The molecule has 0 bridgehead atoms. The molecule has 2 amide bonds. The molecule has 10 nitrogen and oxygen atoms in total. The lowest BCUT2D eigenvalue weighted by Crippen LogP contribution is -2.45. The van der Waals surface area contributed by atoms with Crippen LogP contribution in [0.15, 0.2) is 65.1 Å². The molecule has 0 fully saturated rings. The fourth-order valence-corrected chi connectivity index (χ4v) is 3.78. The van der Waals surface area contributed by atoms with Gasteiger partial charge in [-0.3, -0.25) is 14.5 Å². The van der Waals surface area contributed by atoms with E-state index in [-0.39, 0.29) is 19.0 Å². The summed E-state index contributed by atoms with van der Waals surface area (Å²) < 4.78 is 17.8. The van der Waals surface area contributed by atoms with Gasteiger partial charge in [0.15, 0.2) is 6.04 Å². The van der Waals surface area contributed by atoms with Crippen LogP contribution in [-0.2, 0) is 20.9 Å². The van der Waals surface area contributed by atoms with Crippen LogP contribution < -0.4 is 15.0 Å². The molecular formula is C25H27N5O5. The molecule has 1 atom stereocenters. The maximum Gasteiger partial charge on any atom is 0.251 e. The van der Waals surface area contributed by atoms with Gasteiger partial charge in [-0.1, -0.05) is 23.4 Å². The number of anilines is 1. The quantitative estimate of drug-likeness (QED) is 0.350. The van der Waals surface area contributed by atoms with Crippen LogP contribution in [0.1, 0.15) is 17.6 Å². The summed E-state index contributed by atoms with van der Waals surface area (Å²) in [5, 5.41) is 11.1. The minimum Gasteiger partial charge on any atom is -0.497 e. The van der Waals surface area contributed by atoms with Crippen molar-refractivity contribution in [2.75, 3.05) is 32.3 Å². The number of hydrogen-bond acceptors (Lipinski definition) is 7. The SMILES string of the molecule is COCCNC(=O)[C@H](c1ccc(C)o1)N(C(=O)Cn1nnc2ccccc21)c1cccc(OC)c1. The molecule has 0 saturated carbocycles. The van der Waals surface area contributed by atoms with Crippen LogP contribution >= 0.6 is 0 Å². The van der Waals surface area contributed by atoms with E-state index in [9.17, 15) is 9.59 Å². The van der Waals surface area contributed by atoms with Crippen molar-refractivity contribution in [1.82, 2.24) is 20.3 Å². The molecule has 0 aliphatic carbocycles. The zero-order chi connectivity index (χ0) is 24.8. The van der Waals surface area contributed by atoms with Gasteiger partial charge in [-0.05, 0) is 43.3 Å². The van der Waals surface area contributed by atoms with Gasteiger partial charge in [0.05, 0.1) is 19.2 Å². The van der Waals surface area contributed by atoms with Gasteiger partial charge in [0.2, 0.25) is 5.91 Å². The summed E-state index contributed by atoms with van der Waals surface area (Å²) >= 11 is 0. The Morgan fingerprint density at radius 2 is 1.94 bits per heavy atom. The molecule has 182 valence electrons. The number of benzene rings is 2. The van der Waals surface area contributed by atoms with E-state index >= 15 is 0 Å². The molecule has 10 heteroatoms. The molecular weight excluding hydrogens is 450 g/mol. The molecule has 4 rings (SSSR count). The molecule has 2 aromatic heterocycles. The van der Waals surface area contributed by atoms with Gasteiger partial charge >= 0.3 is 0 Å². The number of ether oxygens (including phenoxy) is 2. The number of aryl methyl sites for hydroxylation is 1. The molecule has 2 aromatic carbocycles. The van der Waals surface area contributed by atoms with E-state index < -0.39 is 11.9 Å². The second-order valence-corrected chi connectivity index (χ2v) is 7.84. The largest absolute Gasteiger partial charge is 0.497 e. The minimum absolute atomic E-state index is 0.140. The highest BCUT2D eigenvalue weighted by atomic mass is 16.5. The minimum atomic E-state index is -1.07. The fourth-order valence-electron chi connectivity index (χ4n) is 3.78. The van der Waals surface area contributed by atoms with Crippen molar-refractivity contribution >= 4 is 28.5 Å². The van der Waals surface area contributed by atoms with Crippen LogP contribution in [0.3, 0.4) is 0 Å². The van der Waals surface area contributed by atoms with Crippen LogP contribution in [0.25, 0.3) is 11.0 Å². The molecule has 0 unspecified atom stereocenters. The van der Waals surface area contributed by atoms with E-state index in [0.29, 0.717) is 40.6 Å². The number of rotatable bonds is 10. The maximum absolute atomic E-state index is 13.9. The monoisotopic (exact) mass is 477 g/mol. The van der Waals surface area contributed by atoms with Crippen molar-refractivity contribution < 1.29 is 23.5 Å². The predicted octanol–water partition coefficient (Wildman–Crippen LogP) is 2.88. The average Bonchev–Trinajstić information content (AvgIpc) is 3.48. The second kappa shape index (κ2) is 10.8. The van der Waals surface area contributed by atoms with Crippen molar-refractivity contribution in [1.29, 1.82) is 0 Å². The number of hydrogen-bond donors (Lipinski definition) is 1. The van der Waals surface area contributed by atoms with Crippen LogP contribution in [0.5, 0.6) is 5.75 Å². The highest BCUT2D eigenvalue weighted by Gasteiger charge is 2.35. The van der Waals surface area contributed by atoms with Crippen LogP contribution in [0.4, 0.5) is 5.69 Å². The summed E-state index contributed by atoms with van der Waals surface area (Å²) in [4.78, 5) is 28.7. The third kappa shape index (κ3) is 5.33. The number of carbonyl (C=O) groups excluding carboxylic acids is 2. The number of carbonyl (C=O) groups is 2. The smallest absolute Gasteiger partial charge is 0.251 e. The maximum atomic E-state index is 13.9. The van der Waals surface area contributed by atoms with Gasteiger partial charge in [0, 0.05) is 25.4 Å². The van der Waals surface area contributed by atoms with Crippen molar-refractivity contribution in [3.05, 3.63) is 72.2 Å². The molecule has 1 N–H and O–H groups in total. The zero-order valence-electron chi connectivity index (χ0n) is 19.8. The van der Waals surface area contributed by atoms with Gasteiger partial charge in [-0.2, -0.15) is 0 Å². The number of nitrogens with zero attached hydrogens (tertiary/aromatic N) is 4. The highest BCUT2D eigenvalue weighted by molar-refractivity contribution is 6.01. The lowest BCUT2D eigenvalue weighted by molar-refractivity contribution is -0.127. The Labute approximate surface area is 202 Å². The Morgan fingerprint density at radius 1 is 1.11 bits per heavy atom. The Morgan fingerprint density at radius 3 is 2.69 bits per heavy atom. The molecule has 0 aliphatic rings. The highest BCUT2D eigenvalue weighted by Crippen LogP contribution is 2.32. The second-order valence-electron chi connectivity index (χ2n) is 7.84. The van der Waals surface area contributed by atoms with E-state index in [1.54, 1.807) is 50.4 Å².